The molecule has 3 rings (SSSR count). The predicted octanol–water partition coefficient (Wildman–Crippen LogP) is 4.09. The number of ether oxygens (including phenoxy) is 2. The third-order valence-corrected chi connectivity index (χ3v) is 4.89. The predicted molar refractivity (Wildman–Crippen MR) is 94.1 cm³/mol. The standard InChI is InChI=1S/C16H17BrN2O2S/c1-19(2)6-5-11-7-14-15(21-10-20-14)8-13(11)18-9-12-3-4-16(17)22-12/h3-4,7-9H,5-6,10H2,1-2H3. The normalized spacial score (nSPS) is 13.5. The molecule has 6 heteroatoms. The van der Waals surface area contributed by atoms with Crippen LogP contribution in [0.2, 0.25) is 0 Å². The second-order valence-corrected chi connectivity index (χ2v) is 7.78. The highest BCUT2D eigenvalue weighted by Crippen LogP contribution is 2.38. The van der Waals surface area contributed by atoms with Crippen molar-refractivity contribution in [2.75, 3.05) is 27.4 Å². The van der Waals surface area contributed by atoms with E-state index in [4.69, 9.17) is 9.47 Å². The minimum Gasteiger partial charge on any atom is -0.454 e. The van der Waals surface area contributed by atoms with Gasteiger partial charge >= 0.3 is 0 Å². The molecule has 0 saturated carbocycles. The molecule has 0 unspecified atom stereocenters. The lowest BCUT2D eigenvalue weighted by molar-refractivity contribution is 0.174. The fourth-order valence-electron chi connectivity index (χ4n) is 2.17. The van der Waals surface area contributed by atoms with Crippen LogP contribution < -0.4 is 9.47 Å². The summed E-state index contributed by atoms with van der Waals surface area (Å²) in [5.74, 6) is 1.58. The number of fused-ring (bicyclic) bond motifs is 1. The van der Waals surface area contributed by atoms with Gasteiger partial charge in [-0.15, -0.1) is 11.3 Å². The minimum absolute atomic E-state index is 0.285. The van der Waals surface area contributed by atoms with E-state index in [-0.39, 0.29) is 6.79 Å². The number of hydrogen-bond donors (Lipinski definition) is 0. The SMILES string of the molecule is CN(C)CCc1cc2c(cc1N=Cc1ccc(Br)s1)OCO2. The molecule has 0 aliphatic carbocycles. The van der Waals surface area contributed by atoms with E-state index in [9.17, 15) is 0 Å². The zero-order valence-corrected chi connectivity index (χ0v) is 14.9. The zero-order chi connectivity index (χ0) is 15.5. The van der Waals surface area contributed by atoms with Gasteiger partial charge in [0, 0.05) is 23.7 Å². The lowest BCUT2D eigenvalue weighted by atomic mass is 10.1. The van der Waals surface area contributed by atoms with Crippen LogP contribution in [0, 0.1) is 0 Å². The van der Waals surface area contributed by atoms with Gasteiger partial charge in [0.2, 0.25) is 6.79 Å². The molecule has 2 heterocycles. The molecule has 0 atom stereocenters. The molecule has 0 bridgehead atoms. The summed E-state index contributed by atoms with van der Waals surface area (Å²) in [6.45, 7) is 1.25. The summed E-state index contributed by atoms with van der Waals surface area (Å²) in [7, 11) is 4.14. The summed E-state index contributed by atoms with van der Waals surface area (Å²) < 4.78 is 12.0. The first-order valence-electron chi connectivity index (χ1n) is 6.98. The van der Waals surface area contributed by atoms with Gasteiger partial charge in [-0.3, -0.25) is 4.99 Å². The lowest BCUT2D eigenvalue weighted by Gasteiger charge is -2.11. The molecule has 116 valence electrons. The molecule has 0 saturated heterocycles. The Labute approximate surface area is 142 Å². The van der Waals surface area contributed by atoms with Crippen molar-refractivity contribution in [3.63, 3.8) is 0 Å². The quantitative estimate of drug-likeness (QED) is 0.732. The maximum absolute atomic E-state index is 5.48. The van der Waals surface area contributed by atoms with E-state index in [0.29, 0.717) is 0 Å². The second kappa shape index (κ2) is 6.81. The summed E-state index contributed by atoms with van der Waals surface area (Å²) in [5, 5.41) is 0. The molecule has 0 radical (unpaired) electrons. The number of halogens is 1. The molecule has 22 heavy (non-hydrogen) atoms. The zero-order valence-electron chi connectivity index (χ0n) is 12.5. The van der Waals surface area contributed by atoms with E-state index in [2.05, 4.69) is 39.9 Å². The molecule has 0 N–H and O–H groups in total. The van der Waals surface area contributed by atoms with E-state index in [1.165, 1.54) is 5.56 Å². The molecular weight excluding hydrogens is 364 g/mol. The highest BCUT2D eigenvalue weighted by Gasteiger charge is 2.17. The van der Waals surface area contributed by atoms with Crippen LogP contribution in [0.5, 0.6) is 11.5 Å². The smallest absolute Gasteiger partial charge is 0.231 e. The molecule has 0 amide bonds. The molecule has 2 aromatic rings. The van der Waals surface area contributed by atoms with Crippen molar-refractivity contribution < 1.29 is 9.47 Å². The Kier molecular flexibility index (Phi) is 4.81. The molecule has 1 aromatic carbocycles. The van der Waals surface area contributed by atoms with Gasteiger partial charge in [0.15, 0.2) is 11.5 Å². The van der Waals surface area contributed by atoms with Crippen molar-refractivity contribution in [3.05, 3.63) is 38.5 Å². The van der Waals surface area contributed by atoms with Crippen LogP contribution in [-0.4, -0.2) is 38.5 Å². The Hall–Kier alpha value is -1.37. The molecule has 0 spiro atoms. The number of aliphatic imine (C=N–C) groups is 1. The van der Waals surface area contributed by atoms with Crippen LogP contribution in [0.3, 0.4) is 0 Å². The largest absolute Gasteiger partial charge is 0.454 e. The maximum Gasteiger partial charge on any atom is 0.231 e. The molecule has 4 nitrogen and oxygen atoms in total. The first-order chi connectivity index (χ1) is 10.6. The Balaban J connectivity index is 1.88. The average molecular weight is 381 g/mol. The van der Waals surface area contributed by atoms with E-state index < -0.39 is 0 Å². The van der Waals surface area contributed by atoms with E-state index in [1.54, 1.807) is 11.3 Å². The number of likely N-dealkylation sites (N-methyl/N-ethyl adjacent to an activating group) is 1. The summed E-state index contributed by atoms with van der Waals surface area (Å²) in [5.41, 5.74) is 2.11. The summed E-state index contributed by atoms with van der Waals surface area (Å²) in [4.78, 5) is 7.93. The van der Waals surface area contributed by atoms with Crippen molar-refractivity contribution in [2.45, 2.75) is 6.42 Å². The van der Waals surface area contributed by atoms with Crippen LogP contribution in [0.25, 0.3) is 0 Å². The van der Waals surface area contributed by atoms with Crippen molar-refractivity contribution >= 4 is 39.2 Å². The van der Waals surface area contributed by atoms with Gasteiger partial charge in [-0.2, -0.15) is 0 Å². The van der Waals surface area contributed by atoms with Crippen molar-refractivity contribution in [1.29, 1.82) is 0 Å². The van der Waals surface area contributed by atoms with Gasteiger partial charge in [0.25, 0.3) is 0 Å². The van der Waals surface area contributed by atoms with Crippen LogP contribution in [0.15, 0.2) is 33.0 Å². The first-order valence-corrected chi connectivity index (χ1v) is 8.59. The lowest BCUT2D eigenvalue weighted by Crippen LogP contribution is -2.15. The fraction of sp³-hybridized carbons (Fsp3) is 0.312. The molecule has 1 aliphatic heterocycles. The average Bonchev–Trinajstić information content (AvgIpc) is 3.10. The first kappa shape index (κ1) is 15.5. The minimum atomic E-state index is 0.285. The summed E-state index contributed by atoms with van der Waals surface area (Å²) in [6.07, 6.45) is 2.82. The molecular formula is C16H17BrN2O2S. The highest BCUT2D eigenvalue weighted by atomic mass is 79.9. The van der Waals surface area contributed by atoms with Crippen molar-refractivity contribution in [3.8, 4) is 11.5 Å². The molecule has 1 aromatic heterocycles. The summed E-state index contributed by atoms with van der Waals surface area (Å²) >= 11 is 5.13. The second-order valence-electron chi connectivity index (χ2n) is 5.29. The number of benzene rings is 1. The highest BCUT2D eigenvalue weighted by molar-refractivity contribution is 9.11. The Morgan fingerprint density at radius 3 is 2.73 bits per heavy atom. The van der Waals surface area contributed by atoms with E-state index in [0.717, 1.165) is 38.8 Å². The Bertz CT molecular complexity index is 697. The number of nitrogens with zero attached hydrogens (tertiary/aromatic N) is 2. The fourth-order valence-corrected chi connectivity index (χ4v) is 3.46. The third-order valence-electron chi connectivity index (χ3n) is 3.33. The van der Waals surface area contributed by atoms with Gasteiger partial charge in [-0.1, -0.05) is 0 Å². The Morgan fingerprint density at radius 2 is 2.05 bits per heavy atom. The van der Waals surface area contributed by atoms with E-state index in [1.807, 2.05) is 30.5 Å². The van der Waals surface area contributed by atoms with Crippen molar-refractivity contribution in [2.24, 2.45) is 4.99 Å². The number of hydrogen-bond acceptors (Lipinski definition) is 5. The van der Waals surface area contributed by atoms with Gasteiger partial charge in [-0.05, 0) is 60.2 Å². The van der Waals surface area contributed by atoms with Crippen LogP contribution in [0.4, 0.5) is 5.69 Å². The topological polar surface area (TPSA) is 34.1 Å². The van der Waals surface area contributed by atoms with Gasteiger partial charge in [-0.25, -0.2) is 0 Å². The molecule has 0 fully saturated rings. The number of rotatable bonds is 5. The third kappa shape index (κ3) is 3.69. The van der Waals surface area contributed by atoms with Crippen molar-refractivity contribution in [1.82, 2.24) is 4.90 Å². The van der Waals surface area contributed by atoms with Crippen LogP contribution in [-0.2, 0) is 6.42 Å². The summed E-state index contributed by atoms with van der Waals surface area (Å²) in [6, 6.07) is 8.08. The molecule has 1 aliphatic rings. The Morgan fingerprint density at radius 1 is 1.27 bits per heavy atom. The van der Waals surface area contributed by atoms with Gasteiger partial charge in [0.1, 0.15) is 0 Å². The monoisotopic (exact) mass is 380 g/mol. The van der Waals surface area contributed by atoms with E-state index >= 15 is 0 Å². The number of thiophene rings is 1. The maximum atomic E-state index is 5.48. The van der Waals surface area contributed by atoms with Gasteiger partial charge in [0.05, 0.1) is 9.47 Å². The van der Waals surface area contributed by atoms with Gasteiger partial charge < -0.3 is 14.4 Å². The van der Waals surface area contributed by atoms with Crippen LogP contribution >= 0.6 is 27.3 Å². The van der Waals surface area contributed by atoms with Crippen LogP contribution in [0.1, 0.15) is 10.4 Å².